The molecule has 0 N–H and O–H groups in total. The maximum absolute atomic E-state index is 5.43. The molecule has 1 radical (unpaired) electrons. The number of morpholine rings is 1. The Morgan fingerprint density at radius 2 is 1.95 bits per heavy atom. The summed E-state index contributed by atoms with van der Waals surface area (Å²) in [5.41, 5.74) is 1.53. The number of ether oxygens (including phenoxy) is 1. The van der Waals surface area contributed by atoms with Crippen molar-refractivity contribution in [3.05, 3.63) is 29.8 Å². The average Bonchev–Trinajstić information content (AvgIpc) is 2.46. The molecule has 1 heterocycles. The zero-order valence-corrected chi connectivity index (χ0v) is 12.7. The number of thioether (sulfide) groups is 1. The monoisotopic (exact) mass is 279 g/mol. The van der Waals surface area contributed by atoms with E-state index in [2.05, 4.69) is 43.0 Å². The molecule has 0 saturated carbocycles. The van der Waals surface area contributed by atoms with Crippen molar-refractivity contribution in [2.24, 2.45) is 0 Å². The smallest absolute Gasteiger partial charge is 0.128 e. The lowest BCUT2D eigenvalue weighted by molar-refractivity contribution is 0.0270. The van der Waals surface area contributed by atoms with Crippen molar-refractivity contribution in [3.63, 3.8) is 0 Å². The van der Waals surface area contributed by atoms with Gasteiger partial charge in [-0.25, -0.2) is 5.32 Å². The summed E-state index contributed by atoms with van der Waals surface area (Å²) >= 11 is 1.85. The molecule has 0 bridgehead atoms. The third kappa shape index (κ3) is 4.80. The Kier molecular flexibility index (Phi) is 6.17. The van der Waals surface area contributed by atoms with Crippen molar-refractivity contribution in [1.82, 2.24) is 10.2 Å². The summed E-state index contributed by atoms with van der Waals surface area (Å²) in [5, 5.41) is 4.82. The van der Waals surface area contributed by atoms with Crippen LogP contribution >= 0.6 is 11.8 Å². The van der Waals surface area contributed by atoms with Gasteiger partial charge < -0.3 is 4.74 Å². The quantitative estimate of drug-likeness (QED) is 0.749. The van der Waals surface area contributed by atoms with Crippen molar-refractivity contribution in [3.8, 4) is 0 Å². The summed E-state index contributed by atoms with van der Waals surface area (Å²) in [6.45, 7) is 8.85. The molecule has 1 saturated heterocycles. The minimum atomic E-state index is 0.228. The Bertz CT molecular complexity index is 363. The zero-order chi connectivity index (χ0) is 13.5. The van der Waals surface area contributed by atoms with Gasteiger partial charge in [-0.3, -0.25) is 4.90 Å². The second-order valence-electron chi connectivity index (χ2n) is 4.81. The van der Waals surface area contributed by atoms with E-state index in [1.807, 2.05) is 11.8 Å². The SMILES string of the molecule is CCC[N]C(Sc1ccc(C)cc1)N1CCOCC1. The van der Waals surface area contributed by atoms with Gasteiger partial charge in [-0.1, -0.05) is 36.4 Å². The molecule has 19 heavy (non-hydrogen) atoms. The predicted molar refractivity (Wildman–Crippen MR) is 80.5 cm³/mol. The fraction of sp³-hybridized carbons (Fsp3) is 0.600. The van der Waals surface area contributed by atoms with E-state index in [0.717, 1.165) is 39.3 Å². The maximum Gasteiger partial charge on any atom is 0.128 e. The van der Waals surface area contributed by atoms with Crippen LogP contribution in [0.25, 0.3) is 0 Å². The standard InChI is InChI=1S/C15H23N2OS/c1-3-8-16-15(17-9-11-18-12-10-17)19-14-6-4-13(2)5-7-14/h4-7,15H,3,8-12H2,1-2H3. The Hall–Kier alpha value is -0.550. The summed E-state index contributed by atoms with van der Waals surface area (Å²) in [6, 6.07) is 8.71. The van der Waals surface area contributed by atoms with Gasteiger partial charge in [0.1, 0.15) is 5.50 Å². The molecule has 105 valence electrons. The first-order valence-electron chi connectivity index (χ1n) is 7.01. The van der Waals surface area contributed by atoms with Gasteiger partial charge in [-0.05, 0) is 25.5 Å². The van der Waals surface area contributed by atoms with E-state index in [1.165, 1.54) is 10.5 Å². The van der Waals surface area contributed by atoms with Gasteiger partial charge in [0.05, 0.1) is 13.2 Å². The van der Waals surface area contributed by atoms with Crippen LogP contribution in [0, 0.1) is 6.92 Å². The first-order chi connectivity index (χ1) is 9.29. The van der Waals surface area contributed by atoms with E-state index in [0.29, 0.717) is 0 Å². The minimum absolute atomic E-state index is 0.228. The molecule has 1 aliphatic heterocycles. The highest BCUT2D eigenvalue weighted by Crippen LogP contribution is 2.25. The van der Waals surface area contributed by atoms with Gasteiger partial charge in [-0.15, -0.1) is 0 Å². The zero-order valence-electron chi connectivity index (χ0n) is 11.8. The molecular weight excluding hydrogens is 256 g/mol. The number of hydrogen-bond acceptors (Lipinski definition) is 3. The van der Waals surface area contributed by atoms with Crippen LogP contribution < -0.4 is 5.32 Å². The van der Waals surface area contributed by atoms with Gasteiger partial charge in [0, 0.05) is 24.5 Å². The fourth-order valence-corrected chi connectivity index (χ4v) is 3.08. The first kappa shape index (κ1) is 14.9. The Morgan fingerprint density at radius 3 is 2.58 bits per heavy atom. The minimum Gasteiger partial charge on any atom is -0.379 e. The highest BCUT2D eigenvalue weighted by molar-refractivity contribution is 7.99. The van der Waals surface area contributed by atoms with Crippen molar-refractivity contribution in [2.45, 2.75) is 30.7 Å². The topological polar surface area (TPSA) is 26.6 Å². The predicted octanol–water partition coefficient (Wildman–Crippen LogP) is 2.72. The van der Waals surface area contributed by atoms with Crippen LogP contribution in [0.1, 0.15) is 18.9 Å². The second kappa shape index (κ2) is 7.90. The summed E-state index contributed by atoms with van der Waals surface area (Å²) in [6.07, 6.45) is 1.11. The summed E-state index contributed by atoms with van der Waals surface area (Å²) in [4.78, 5) is 3.71. The third-order valence-corrected chi connectivity index (χ3v) is 4.33. The summed E-state index contributed by atoms with van der Waals surface area (Å²) < 4.78 is 5.43. The Morgan fingerprint density at radius 1 is 1.26 bits per heavy atom. The highest BCUT2D eigenvalue weighted by atomic mass is 32.2. The average molecular weight is 279 g/mol. The molecule has 0 aliphatic carbocycles. The van der Waals surface area contributed by atoms with E-state index in [-0.39, 0.29) is 5.50 Å². The molecule has 1 atom stereocenters. The van der Waals surface area contributed by atoms with Crippen LogP contribution in [0.5, 0.6) is 0 Å². The van der Waals surface area contributed by atoms with E-state index in [9.17, 15) is 0 Å². The van der Waals surface area contributed by atoms with E-state index in [4.69, 9.17) is 10.1 Å². The van der Waals surface area contributed by atoms with Crippen LogP contribution in [-0.2, 0) is 4.74 Å². The molecule has 2 rings (SSSR count). The highest BCUT2D eigenvalue weighted by Gasteiger charge is 2.22. The number of hydrogen-bond donors (Lipinski definition) is 0. The number of aryl methyl sites for hydroxylation is 1. The van der Waals surface area contributed by atoms with Gasteiger partial charge in [0.15, 0.2) is 0 Å². The maximum atomic E-state index is 5.43. The lowest BCUT2D eigenvalue weighted by Gasteiger charge is -2.33. The number of benzene rings is 1. The van der Waals surface area contributed by atoms with Gasteiger partial charge in [0.25, 0.3) is 0 Å². The van der Waals surface area contributed by atoms with Crippen molar-refractivity contribution in [2.75, 3.05) is 32.8 Å². The Balaban J connectivity index is 1.97. The van der Waals surface area contributed by atoms with Crippen molar-refractivity contribution < 1.29 is 4.74 Å². The molecule has 1 aliphatic rings. The molecule has 4 heteroatoms. The fourth-order valence-electron chi connectivity index (χ4n) is 2.00. The second-order valence-corrected chi connectivity index (χ2v) is 5.94. The van der Waals surface area contributed by atoms with Gasteiger partial charge in [0.2, 0.25) is 0 Å². The summed E-state index contributed by atoms with van der Waals surface area (Å²) in [5.74, 6) is 0. The van der Waals surface area contributed by atoms with E-state index in [1.54, 1.807) is 0 Å². The van der Waals surface area contributed by atoms with Crippen LogP contribution in [0.3, 0.4) is 0 Å². The molecule has 1 aromatic rings. The van der Waals surface area contributed by atoms with Gasteiger partial charge >= 0.3 is 0 Å². The number of nitrogens with zero attached hydrogens (tertiary/aromatic N) is 2. The first-order valence-corrected chi connectivity index (χ1v) is 7.89. The van der Waals surface area contributed by atoms with Crippen molar-refractivity contribution >= 4 is 11.8 Å². The lowest BCUT2D eigenvalue weighted by atomic mass is 10.2. The van der Waals surface area contributed by atoms with E-state index < -0.39 is 0 Å². The van der Waals surface area contributed by atoms with Crippen molar-refractivity contribution in [1.29, 1.82) is 0 Å². The summed E-state index contributed by atoms with van der Waals surface area (Å²) in [7, 11) is 0. The van der Waals surface area contributed by atoms with Crippen LogP contribution in [0.4, 0.5) is 0 Å². The Labute approximate surface area is 120 Å². The van der Waals surface area contributed by atoms with Crippen LogP contribution in [-0.4, -0.2) is 43.2 Å². The molecule has 0 aromatic heterocycles. The molecule has 1 fully saturated rings. The largest absolute Gasteiger partial charge is 0.379 e. The normalized spacial score (nSPS) is 18.4. The van der Waals surface area contributed by atoms with Crippen LogP contribution in [0.2, 0.25) is 0 Å². The lowest BCUT2D eigenvalue weighted by Crippen LogP contribution is -2.46. The molecular formula is C15H23N2OS. The van der Waals surface area contributed by atoms with Crippen LogP contribution in [0.15, 0.2) is 29.2 Å². The number of rotatable bonds is 6. The third-order valence-electron chi connectivity index (χ3n) is 3.13. The molecule has 0 amide bonds. The molecule has 0 spiro atoms. The van der Waals surface area contributed by atoms with Gasteiger partial charge in [-0.2, -0.15) is 0 Å². The molecule has 3 nitrogen and oxygen atoms in total. The molecule has 1 aromatic carbocycles. The van der Waals surface area contributed by atoms with E-state index >= 15 is 0 Å². The molecule has 1 unspecified atom stereocenters.